The van der Waals surface area contributed by atoms with Gasteiger partial charge in [0.1, 0.15) is 16.3 Å². The van der Waals surface area contributed by atoms with Crippen molar-refractivity contribution in [3.05, 3.63) is 95.8 Å². The van der Waals surface area contributed by atoms with E-state index in [0.717, 1.165) is 30.6 Å². The Bertz CT molecular complexity index is 1070. The number of rotatable bonds is 7. The lowest BCUT2D eigenvalue weighted by molar-refractivity contribution is 0.321. The fraction of sp³-hybridized carbons (Fsp3) is 0.280. The Kier molecular flexibility index (Phi) is 5.91. The van der Waals surface area contributed by atoms with Gasteiger partial charge in [-0.3, -0.25) is 0 Å². The van der Waals surface area contributed by atoms with Crippen molar-refractivity contribution < 1.29 is 17.5 Å². The third kappa shape index (κ3) is 3.99. The average Bonchev–Trinajstić information content (AvgIpc) is 3.27. The molecule has 3 aromatic rings. The van der Waals surface area contributed by atoms with Crippen LogP contribution in [-0.2, 0) is 21.0 Å². The summed E-state index contributed by atoms with van der Waals surface area (Å²) in [6, 6.07) is 22.7. The number of hydrogen-bond donors (Lipinski definition) is 0. The molecule has 0 radical (unpaired) electrons. The Morgan fingerprint density at radius 1 is 0.833 bits per heavy atom. The first kappa shape index (κ1) is 20.6. The lowest BCUT2D eigenvalue weighted by atomic mass is 9.96. The van der Waals surface area contributed by atoms with E-state index < -0.39 is 20.4 Å². The highest BCUT2D eigenvalue weighted by Crippen LogP contribution is 2.48. The highest BCUT2D eigenvalue weighted by Gasteiger charge is 2.48. The van der Waals surface area contributed by atoms with Crippen molar-refractivity contribution in [3.8, 4) is 5.75 Å². The maximum Gasteiger partial charge on any atom is 0.188 e. The van der Waals surface area contributed by atoms with Crippen LogP contribution in [0.2, 0.25) is 0 Å². The van der Waals surface area contributed by atoms with Gasteiger partial charge in [-0.1, -0.05) is 55.3 Å². The lowest BCUT2D eigenvalue weighted by Crippen LogP contribution is -2.33. The van der Waals surface area contributed by atoms with Crippen LogP contribution in [0.3, 0.4) is 0 Å². The number of ether oxygens (including phenoxy) is 1. The predicted octanol–water partition coefficient (Wildman–Crippen LogP) is 5.69. The number of sulfone groups is 1. The maximum atomic E-state index is 13.5. The zero-order valence-corrected chi connectivity index (χ0v) is 17.6. The summed E-state index contributed by atoms with van der Waals surface area (Å²) < 4.78 is 45.3. The van der Waals surface area contributed by atoms with Gasteiger partial charge in [-0.25, -0.2) is 12.8 Å². The van der Waals surface area contributed by atoms with E-state index in [0.29, 0.717) is 19.4 Å². The molecule has 0 N–H and O–H groups in total. The summed E-state index contributed by atoms with van der Waals surface area (Å²) in [5.74, 6) is 0.286. The maximum absolute atomic E-state index is 13.5. The summed E-state index contributed by atoms with van der Waals surface area (Å²) >= 11 is 0. The first-order chi connectivity index (χ1) is 14.5. The van der Waals surface area contributed by atoms with Crippen molar-refractivity contribution in [2.75, 3.05) is 6.61 Å². The number of halogens is 1. The predicted molar refractivity (Wildman–Crippen MR) is 116 cm³/mol. The zero-order valence-electron chi connectivity index (χ0n) is 16.8. The first-order valence-electron chi connectivity index (χ1n) is 10.3. The van der Waals surface area contributed by atoms with Gasteiger partial charge in [-0.15, -0.1) is 0 Å². The summed E-state index contributed by atoms with van der Waals surface area (Å²) in [5, 5.41) is 0. The van der Waals surface area contributed by atoms with Gasteiger partial charge in [0.2, 0.25) is 0 Å². The number of hydrogen-bond acceptors (Lipinski definition) is 3. The van der Waals surface area contributed by atoms with Crippen LogP contribution < -0.4 is 4.74 Å². The molecule has 0 heterocycles. The molecule has 1 aliphatic carbocycles. The van der Waals surface area contributed by atoms with E-state index in [1.165, 1.54) is 29.8 Å². The van der Waals surface area contributed by atoms with Gasteiger partial charge in [0.05, 0.1) is 11.5 Å². The molecule has 0 amide bonds. The molecule has 3 aromatic carbocycles. The smallest absolute Gasteiger partial charge is 0.188 e. The van der Waals surface area contributed by atoms with Crippen molar-refractivity contribution in [1.82, 2.24) is 0 Å². The molecule has 0 atom stereocenters. The molecule has 1 saturated carbocycles. The first-order valence-corrected chi connectivity index (χ1v) is 11.8. The van der Waals surface area contributed by atoms with Crippen LogP contribution in [0.4, 0.5) is 4.39 Å². The molecule has 3 nitrogen and oxygen atoms in total. The molecule has 30 heavy (non-hydrogen) atoms. The minimum Gasteiger partial charge on any atom is -0.493 e. The summed E-state index contributed by atoms with van der Waals surface area (Å²) in [5.41, 5.74) is 1.99. The fourth-order valence-corrected chi connectivity index (χ4v) is 6.50. The largest absolute Gasteiger partial charge is 0.493 e. The van der Waals surface area contributed by atoms with E-state index in [-0.39, 0.29) is 4.90 Å². The second-order valence-corrected chi connectivity index (χ2v) is 10.0. The van der Waals surface area contributed by atoms with E-state index in [1.807, 2.05) is 42.5 Å². The second-order valence-electron chi connectivity index (χ2n) is 7.77. The van der Waals surface area contributed by atoms with Gasteiger partial charge >= 0.3 is 0 Å². The molecule has 1 fully saturated rings. The summed E-state index contributed by atoms with van der Waals surface area (Å²) in [6.07, 6.45) is 3.67. The van der Waals surface area contributed by atoms with Crippen LogP contribution in [0.25, 0.3) is 0 Å². The third-order valence-electron chi connectivity index (χ3n) is 5.93. The SMILES string of the molecule is O=S(=O)(c1ccc(F)cc1)C1(c2ccc(OCCc3ccccc3)cc2)CCCC1. The molecule has 0 unspecified atom stereocenters. The minimum absolute atomic E-state index is 0.175. The van der Waals surface area contributed by atoms with Crippen molar-refractivity contribution in [2.45, 2.75) is 41.7 Å². The summed E-state index contributed by atoms with van der Waals surface area (Å²) in [4.78, 5) is 0.175. The fourth-order valence-electron chi connectivity index (χ4n) is 4.28. The molecular formula is C25H25FO3S. The van der Waals surface area contributed by atoms with Crippen molar-refractivity contribution in [1.29, 1.82) is 0 Å². The van der Waals surface area contributed by atoms with E-state index in [4.69, 9.17) is 4.74 Å². The topological polar surface area (TPSA) is 43.4 Å². The molecule has 0 spiro atoms. The van der Waals surface area contributed by atoms with E-state index in [9.17, 15) is 12.8 Å². The minimum atomic E-state index is -3.64. The van der Waals surface area contributed by atoms with Crippen LogP contribution in [0, 0.1) is 5.82 Å². The number of benzene rings is 3. The highest BCUT2D eigenvalue weighted by atomic mass is 32.2. The zero-order chi connectivity index (χ0) is 21.0. The van der Waals surface area contributed by atoms with Crippen molar-refractivity contribution in [2.24, 2.45) is 0 Å². The van der Waals surface area contributed by atoms with Crippen LogP contribution in [0.1, 0.15) is 36.8 Å². The van der Waals surface area contributed by atoms with Gasteiger partial charge < -0.3 is 4.74 Å². The molecule has 0 bridgehead atoms. The normalized spacial score (nSPS) is 15.8. The van der Waals surface area contributed by atoms with E-state index >= 15 is 0 Å². The Morgan fingerprint density at radius 2 is 1.47 bits per heavy atom. The van der Waals surface area contributed by atoms with Crippen LogP contribution in [0.15, 0.2) is 83.8 Å². The van der Waals surface area contributed by atoms with E-state index in [2.05, 4.69) is 12.1 Å². The Balaban J connectivity index is 1.54. The summed E-state index contributed by atoms with van der Waals surface area (Å²) in [7, 11) is -3.64. The monoisotopic (exact) mass is 424 g/mol. The molecule has 1 aliphatic rings. The Hall–Kier alpha value is -2.66. The molecule has 5 heteroatoms. The van der Waals surface area contributed by atoms with Gasteiger partial charge in [0.25, 0.3) is 0 Å². The third-order valence-corrected chi connectivity index (χ3v) is 8.50. The molecule has 0 aliphatic heterocycles. The van der Waals surface area contributed by atoms with Gasteiger partial charge in [0.15, 0.2) is 9.84 Å². The van der Waals surface area contributed by atoms with E-state index in [1.54, 1.807) is 0 Å². The van der Waals surface area contributed by atoms with Crippen LogP contribution in [-0.4, -0.2) is 15.0 Å². The molecule has 156 valence electrons. The molecule has 4 rings (SSSR count). The average molecular weight is 425 g/mol. The van der Waals surface area contributed by atoms with Crippen molar-refractivity contribution in [3.63, 3.8) is 0 Å². The summed E-state index contributed by atoms with van der Waals surface area (Å²) in [6.45, 7) is 0.558. The van der Waals surface area contributed by atoms with Gasteiger partial charge in [-0.05, 0) is 60.4 Å². The van der Waals surface area contributed by atoms with Gasteiger partial charge in [-0.2, -0.15) is 0 Å². The van der Waals surface area contributed by atoms with Crippen LogP contribution in [0.5, 0.6) is 5.75 Å². The Labute approximate surface area is 177 Å². The van der Waals surface area contributed by atoms with Crippen LogP contribution >= 0.6 is 0 Å². The molecular weight excluding hydrogens is 399 g/mol. The quantitative estimate of drug-likeness (QED) is 0.458. The molecule has 0 aromatic heterocycles. The lowest BCUT2D eigenvalue weighted by Gasteiger charge is -2.29. The molecule has 0 saturated heterocycles. The highest BCUT2D eigenvalue weighted by molar-refractivity contribution is 7.92. The standard InChI is InChI=1S/C25H25FO3S/c26-22-10-14-24(15-11-22)30(27,28)25(17-4-5-18-25)21-8-12-23(13-9-21)29-19-16-20-6-2-1-3-7-20/h1-3,6-15H,4-5,16-19H2. The second kappa shape index (κ2) is 8.60. The van der Waals surface area contributed by atoms with Crippen molar-refractivity contribution >= 4 is 9.84 Å². The van der Waals surface area contributed by atoms with Gasteiger partial charge in [0, 0.05) is 6.42 Å². The Morgan fingerprint density at radius 3 is 2.10 bits per heavy atom.